The fraction of sp³-hybridized carbons (Fsp3) is 0.160. The summed E-state index contributed by atoms with van der Waals surface area (Å²) in [7, 11) is 0. The van der Waals surface area contributed by atoms with Crippen LogP contribution in [0.3, 0.4) is 0 Å². The van der Waals surface area contributed by atoms with E-state index in [-0.39, 0.29) is 17.6 Å². The van der Waals surface area contributed by atoms with Crippen molar-refractivity contribution in [1.29, 1.82) is 0 Å². The fourth-order valence-corrected chi connectivity index (χ4v) is 4.24. The molecule has 3 N–H and O–H groups in total. The predicted octanol–water partition coefficient (Wildman–Crippen LogP) is 5.17. The van der Waals surface area contributed by atoms with Crippen molar-refractivity contribution in [3.05, 3.63) is 65.8 Å². The Labute approximate surface area is 205 Å². The van der Waals surface area contributed by atoms with Crippen molar-refractivity contribution >= 4 is 29.2 Å². The van der Waals surface area contributed by atoms with Gasteiger partial charge in [0.15, 0.2) is 5.69 Å². The Morgan fingerprint density at radius 1 is 1.03 bits per heavy atom. The lowest BCUT2D eigenvalue weighted by atomic mass is 10.0. The van der Waals surface area contributed by atoms with Crippen LogP contribution in [0.4, 0.5) is 10.6 Å². The molecule has 0 saturated heterocycles. The maximum absolute atomic E-state index is 12.1. The van der Waals surface area contributed by atoms with Crippen LogP contribution in [-0.2, 0) is 0 Å². The largest absolute Gasteiger partial charge is 0.478 e. The Morgan fingerprint density at radius 2 is 1.83 bits per heavy atom. The SMILES string of the molecule is CCNC(=O)Nc1cc(-c2nc(-c3ccccc3)cs2)c(-c2cc(OCC)nc(C(=O)O)c2)cn1. The summed E-state index contributed by atoms with van der Waals surface area (Å²) in [5.74, 6) is -0.636. The molecule has 0 atom stereocenters. The van der Waals surface area contributed by atoms with Crippen molar-refractivity contribution in [2.24, 2.45) is 0 Å². The minimum atomic E-state index is -1.17. The standard InChI is InChI=1S/C25H23N5O4S/c1-3-26-25(33)30-21-12-17(23-29-20(14-35-23)15-8-6-5-7-9-15)18(13-27-21)16-10-19(24(31)32)28-22(11-16)34-4-2/h5-14H,3-4H2,1-2H3,(H,31,32)(H2,26,27,30,33). The van der Waals surface area contributed by atoms with Crippen LogP contribution in [0.1, 0.15) is 24.3 Å². The lowest BCUT2D eigenvalue weighted by molar-refractivity contribution is 0.0689. The van der Waals surface area contributed by atoms with Gasteiger partial charge in [0.25, 0.3) is 0 Å². The molecule has 4 aromatic rings. The highest BCUT2D eigenvalue weighted by Gasteiger charge is 2.18. The number of nitrogens with zero attached hydrogens (tertiary/aromatic N) is 3. The van der Waals surface area contributed by atoms with E-state index in [0.29, 0.717) is 40.7 Å². The number of aromatic nitrogens is 3. The van der Waals surface area contributed by atoms with Gasteiger partial charge in [-0.3, -0.25) is 5.32 Å². The number of benzene rings is 1. The molecule has 0 radical (unpaired) electrons. The summed E-state index contributed by atoms with van der Waals surface area (Å²) in [5, 5.41) is 17.6. The minimum Gasteiger partial charge on any atom is -0.478 e. The Hall–Kier alpha value is -4.31. The van der Waals surface area contributed by atoms with E-state index in [1.54, 1.807) is 25.3 Å². The summed E-state index contributed by atoms with van der Waals surface area (Å²) in [6.45, 7) is 4.42. The summed E-state index contributed by atoms with van der Waals surface area (Å²) in [4.78, 5) is 37.0. The topological polar surface area (TPSA) is 126 Å². The first-order valence-corrected chi connectivity index (χ1v) is 11.8. The highest BCUT2D eigenvalue weighted by molar-refractivity contribution is 7.13. The van der Waals surface area contributed by atoms with Gasteiger partial charge in [0, 0.05) is 40.9 Å². The van der Waals surface area contributed by atoms with Gasteiger partial charge in [0.1, 0.15) is 10.8 Å². The zero-order chi connectivity index (χ0) is 24.8. The smallest absolute Gasteiger partial charge is 0.354 e. The van der Waals surface area contributed by atoms with E-state index < -0.39 is 5.97 Å². The van der Waals surface area contributed by atoms with Gasteiger partial charge in [-0.25, -0.2) is 24.5 Å². The molecule has 35 heavy (non-hydrogen) atoms. The van der Waals surface area contributed by atoms with Gasteiger partial charge in [0.2, 0.25) is 5.88 Å². The molecule has 178 valence electrons. The molecule has 0 bridgehead atoms. The third kappa shape index (κ3) is 5.61. The van der Waals surface area contributed by atoms with Gasteiger partial charge in [0.05, 0.1) is 12.3 Å². The molecule has 0 aliphatic rings. The van der Waals surface area contributed by atoms with Crippen LogP contribution in [0.15, 0.2) is 60.1 Å². The lowest BCUT2D eigenvalue weighted by Crippen LogP contribution is -2.28. The Balaban J connectivity index is 1.84. The molecule has 0 saturated carbocycles. The lowest BCUT2D eigenvalue weighted by Gasteiger charge is -2.13. The summed E-state index contributed by atoms with van der Waals surface area (Å²) < 4.78 is 5.50. The number of anilines is 1. The van der Waals surface area contributed by atoms with Crippen LogP contribution in [0, 0.1) is 0 Å². The summed E-state index contributed by atoms with van der Waals surface area (Å²) in [6, 6.07) is 14.3. The molecule has 0 aliphatic carbocycles. The van der Waals surface area contributed by atoms with E-state index in [0.717, 1.165) is 11.3 Å². The Morgan fingerprint density at radius 3 is 2.54 bits per heavy atom. The Kier molecular flexibility index (Phi) is 7.32. The summed E-state index contributed by atoms with van der Waals surface area (Å²) >= 11 is 1.44. The monoisotopic (exact) mass is 489 g/mol. The number of ether oxygens (including phenoxy) is 1. The first kappa shape index (κ1) is 23.8. The van der Waals surface area contributed by atoms with E-state index in [9.17, 15) is 14.7 Å². The van der Waals surface area contributed by atoms with Crippen LogP contribution in [0.25, 0.3) is 33.0 Å². The Bertz CT molecular complexity index is 1360. The molecule has 1 aromatic carbocycles. The highest BCUT2D eigenvalue weighted by atomic mass is 32.1. The number of hydrogen-bond donors (Lipinski definition) is 3. The zero-order valence-electron chi connectivity index (χ0n) is 19.1. The number of urea groups is 1. The first-order valence-electron chi connectivity index (χ1n) is 10.9. The number of carbonyl (C=O) groups excluding carboxylic acids is 1. The third-order valence-corrected chi connectivity index (χ3v) is 5.79. The summed E-state index contributed by atoms with van der Waals surface area (Å²) in [5.41, 5.74) is 3.51. The molecule has 9 nitrogen and oxygen atoms in total. The van der Waals surface area contributed by atoms with Crippen molar-refractivity contribution in [3.8, 4) is 38.8 Å². The van der Waals surface area contributed by atoms with Gasteiger partial charge in [-0.1, -0.05) is 30.3 Å². The molecule has 0 aliphatic heterocycles. The number of amides is 2. The number of pyridine rings is 2. The number of hydrogen-bond acceptors (Lipinski definition) is 7. The van der Waals surface area contributed by atoms with Crippen LogP contribution in [0.2, 0.25) is 0 Å². The number of aromatic carboxylic acids is 1. The van der Waals surface area contributed by atoms with Crippen LogP contribution >= 0.6 is 11.3 Å². The van der Waals surface area contributed by atoms with E-state index in [4.69, 9.17) is 9.72 Å². The first-order chi connectivity index (χ1) is 17.0. The van der Waals surface area contributed by atoms with Crippen molar-refractivity contribution in [2.45, 2.75) is 13.8 Å². The number of carbonyl (C=O) groups is 2. The molecule has 4 rings (SSSR count). The van der Waals surface area contributed by atoms with E-state index in [2.05, 4.69) is 20.6 Å². The number of carboxylic acids is 1. The normalized spacial score (nSPS) is 10.6. The van der Waals surface area contributed by atoms with Gasteiger partial charge in [-0.2, -0.15) is 0 Å². The molecule has 0 spiro atoms. The van der Waals surface area contributed by atoms with Crippen molar-refractivity contribution in [3.63, 3.8) is 0 Å². The van der Waals surface area contributed by atoms with Crippen LogP contribution < -0.4 is 15.4 Å². The van der Waals surface area contributed by atoms with Crippen LogP contribution in [0.5, 0.6) is 5.88 Å². The number of rotatable bonds is 8. The summed E-state index contributed by atoms with van der Waals surface area (Å²) in [6.07, 6.45) is 1.58. The second kappa shape index (κ2) is 10.7. The molecule has 2 amide bonds. The predicted molar refractivity (Wildman–Crippen MR) is 135 cm³/mol. The quantitative estimate of drug-likeness (QED) is 0.312. The van der Waals surface area contributed by atoms with E-state index in [1.807, 2.05) is 42.6 Å². The highest BCUT2D eigenvalue weighted by Crippen LogP contribution is 2.37. The average molecular weight is 490 g/mol. The molecular weight excluding hydrogens is 466 g/mol. The minimum absolute atomic E-state index is 0.148. The molecule has 10 heteroatoms. The molecule has 3 aromatic heterocycles. The van der Waals surface area contributed by atoms with Gasteiger partial charge < -0.3 is 15.2 Å². The molecular formula is C25H23N5O4S. The third-order valence-electron chi connectivity index (χ3n) is 4.91. The number of thiazole rings is 1. The molecule has 0 unspecified atom stereocenters. The average Bonchev–Trinajstić information content (AvgIpc) is 3.35. The number of nitrogens with one attached hydrogen (secondary N) is 2. The van der Waals surface area contributed by atoms with Crippen molar-refractivity contribution in [1.82, 2.24) is 20.3 Å². The van der Waals surface area contributed by atoms with Gasteiger partial charge >= 0.3 is 12.0 Å². The van der Waals surface area contributed by atoms with Gasteiger partial charge in [-0.15, -0.1) is 11.3 Å². The van der Waals surface area contributed by atoms with E-state index >= 15 is 0 Å². The van der Waals surface area contributed by atoms with Crippen molar-refractivity contribution < 1.29 is 19.4 Å². The molecule has 0 fully saturated rings. The molecule has 3 heterocycles. The zero-order valence-corrected chi connectivity index (χ0v) is 19.9. The fourth-order valence-electron chi connectivity index (χ4n) is 3.38. The second-order valence-electron chi connectivity index (χ2n) is 7.32. The maximum Gasteiger partial charge on any atom is 0.354 e. The van der Waals surface area contributed by atoms with Gasteiger partial charge in [-0.05, 0) is 31.5 Å². The second-order valence-corrected chi connectivity index (χ2v) is 8.18. The maximum atomic E-state index is 12.1. The number of carboxylic acid groups (broad SMARTS) is 1. The van der Waals surface area contributed by atoms with E-state index in [1.165, 1.54) is 17.4 Å². The van der Waals surface area contributed by atoms with Crippen LogP contribution in [-0.4, -0.2) is 45.2 Å². The van der Waals surface area contributed by atoms with Crippen molar-refractivity contribution in [2.75, 3.05) is 18.5 Å².